The number of amides is 1. The Morgan fingerprint density at radius 3 is 2.96 bits per heavy atom. The van der Waals surface area contributed by atoms with E-state index in [1.165, 1.54) is 13.3 Å². The van der Waals surface area contributed by atoms with E-state index in [0.717, 1.165) is 11.9 Å². The van der Waals surface area contributed by atoms with Crippen LogP contribution in [-0.2, 0) is 30.4 Å². The number of nitrogens with zero attached hydrogens (tertiary/aromatic N) is 5. The van der Waals surface area contributed by atoms with Crippen molar-refractivity contribution in [3.63, 3.8) is 0 Å². The summed E-state index contributed by atoms with van der Waals surface area (Å²) >= 11 is 0. The minimum Gasteiger partial charge on any atom is -0.355 e. The maximum atomic E-state index is 12.8. The number of carbonyl (C=O) groups excluding carboxylic acids is 1. The van der Waals surface area contributed by atoms with Gasteiger partial charge in [0.2, 0.25) is 5.91 Å². The fraction of sp³-hybridized carbons (Fsp3) is 0.533. The van der Waals surface area contributed by atoms with Crippen molar-refractivity contribution >= 4 is 5.91 Å². The summed E-state index contributed by atoms with van der Waals surface area (Å²) in [6.45, 7) is 2.12. The number of aromatic nitrogens is 5. The van der Waals surface area contributed by atoms with Gasteiger partial charge in [-0.25, -0.2) is 19.6 Å². The van der Waals surface area contributed by atoms with E-state index in [-0.39, 0.29) is 36.3 Å². The zero-order valence-electron chi connectivity index (χ0n) is 13.5. The predicted molar refractivity (Wildman–Crippen MR) is 80.3 cm³/mol. The topological polar surface area (TPSA) is 85.6 Å². The third kappa shape index (κ3) is 4.12. The van der Waals surface area contributed by atoms with Crippen LogP contribution < -0.4 is 5.32 Å². The Bertz CT molecular complexity index is 773. The highest BCUT2D eigenvalue weighted by atomic mass is 19.4. The molecule has 0 aromatic carbocycles. The second kappa shape index (κ2) is 6.77. The van der Waals surface area contributed by atoms with Gasteiger partial charge in [-0.15, -0.1) is 0 Å². The summed E-state index contributed by atoms with van der Waals surface area (Å²) in [4.78, 5) is 23.8. The van der Waals surface area contributed by atoms with Gasteiger partial charge in [-0.05, 0) is 19.4 Å². The van der Waals surface area contributed by atoms with Crippen molar-refractivity contribution in [2.45, 2.75) is 38.9 Å². The molecule has 2 aromatic heterocycles. The number of fused-ring (bicyclic) bond motifs is 1. The molecule has 0 fully saturated rings. The van der Waals surface area contributed by atoms with Crippen LogP contribution in [0.15, 0.2) is 12.4 Å². The molecule has 3 rings (SSSR count). The van der Waals surface area contributed by atoms with Crippen LogP contribution in [0, 0.1) is 12.8 Å². The van der Waals surface area contributed by atoms with Crippen LogP contribution in [0.1, 0.15) is 29.5 Å². The number of halogens is 3. The van der Waals surface area contributed by atoms with E-state index in [0.29, 0.717) is 19.4 Å². The summed E-state index contributed by atoms with van der Waals surface area (Å²) in [7, 11) is 0. The number of hydrogen-bond donors (Lipinski definition) is 1. The molecule has 1 aliphatic heterocycles. The largest absolute Gasteiger partial charge is 0.433 e. The smallest absolute Gasteiger partial charge is 0.355 e. The van der Waals surface area contributed by atoms with E-state index in [4.69, 9.17) is 0 Å². The van der Waals surface area contributed by atoms with E-state index in [1.807, 2.05) is 0 Å². The average molecular weight is 354 g/mol. The lowest BCUT2D eigenvalue weighted by Gasteiger charge is -2.21. The molecule has 10 heteroatoms. The normalized spacial score (nSPS) is 17.2. The highest BCUT2D eigenvalue weighted by Gasteiger charge is 2.33. The third-order valence-corrected chi connectivity index (χ3v) is 4.02. The second-order valence-electron chi connectivity index (χ2n) is 5.94. The van der Waals surface area contributed by atoms with Gasteiger partial charge in [0.1, 0.15) is 23.7 Å². The summed E-state index contributed by atoms with van der Waals surface area (Å²) < 4.78 is 40.0. The van der Waals surface area contributed by atoms with Crippen LogP contribution in [0.2, 0.25) is 0 Å². The molecule has 0 saturated heterocycles. The molecule has 0 radical (unpaired) electrons. The van der Waals surface area contributed by atoms with E-state index in [9.17, 15) is 18.0 Å². The first-order valence-electron chi connectivity index (χ1n) is 7.89. The van der Waals surface area contributed by atoms with Crippen molar-refractivity contribution in [3.8, 4) is 0 Å². The van der Waals surface area contributed by atoms with Crippen molar-refractivity contribution in [2.24, 2.45) is 5.92 Å². The second-order valence-corrected chi connectivity index (χ2v) is 5.94. The quantitative estimate of drug-likeness (QED) is 0.895. The van der Waals surface area contributed by atoms with Gasteiger partial charge in [-0.1, -0.05) is 0 Å². The molecular formula is C15H17F3N6O. The number of hydrogen-bond acceptors (Lipinski definition) is 5. The van der Waals surface area contributed by atoms with Crippen molar-refractivity contribution in [3.05, 3.63) is 35.4 Å². The molecular weight excluding hydrogens is 337 g/mol. The first kappa shape index (κ1) is 17.3. The molecule has 0 spiro atoms. The summed E-state index contributed by atoms with van der Waals surface area (Å²) in [6.07, 6.45) is -1.57. The van der Waals surface area contributed by atoms with E-state index in [1.54, 1.807) is 4.68 Å². The summed E-state index contributed by atoms with van der Waals surface area (Å²) in [6, 6.07) is 0.903. The maximum absolute atomic E-state index is 12.8. The first-order chi connectivity index (χ1) is 11.8. The Labute approximate surface area is 141 Å². The van der Waals surface area contributed by atoms with Crippen molar-refractivity contribution in [1.29, 1.82) is 0 Å². The number of aryl methyl sites for hydroxylation is 2. The zero-order valence-corrected chi connectivity index (χ0v) is 13.5. The highest BCUT2D eigenvalue weighted by Crippen LogP contribution is 2.27. The lowest BCUT2D eigenvalue weighted by atomic mass is 9.99. The van der Waals surface area contributed by atoms with Gasteiger partial charge in [0.25, 0.3) is 0 Å². The third-order valence-electron chi connectivity index (χ3n) is 4.02. The van der Waals surface area contributed by atoms with Gasteiger partial charge < -0.3 is 5.32 Å². The number of nitrogens with one attached hydrogen (secondary N) is 1. The highest BCUT2D eigenvalue weighted by molar-refractivity contribution is 5.78. The van der Waals surface area contributed by atoms with Crippen LogP contribution >= 0.6 is 0 Å². The molecule has 25 heavy (non-hydrogen) atoms. The fourth-order valence-electron chi connectivity index (χ4n) is 2.78. The molecule has 1 N–H and O–H groups in total. The Kier molecular flexibility index (Phi) is 4.69. The van der Waals surface area contributed by atoms with Gasteiger partial charge in [-0.3, -0.25) is 4.79 Å². The van der Waals surface area contributed by atoms with Crippen molar-refractivity contribution in [1.82, 2.24) is 30.0 Å². The van der Waals surface area contributed by atoms with Crippen LogP contribution in [0.3, 0.4) is 0 Å². The first-order valence-corrected chi connectivity index (χ1v) is 7.89. The van der Waals surface area contributed by atoms with Gasteiger partial charge in [0.15, 0.2) is 0 Å². The zero-order chi connectivity index (χ0) is 18.0. The van der Waals surface area contributed by atoms with E-state index in [2.05, 4.69) is 25.4 Å². The molecule has 0 bridgehead atoms. The molecule has 3 heterocycles. The standard InChI is InChI=1S/C15H17F3N6O/c1-9-6-11(15(16,17)18)23-12(22-9)4-5-19-14(25)10-2-3-13-20-8-21-24(13)7-10/h6,8,10H,2-5,7H2,1H3,(H,19,25). The van der Waals surface area contributed by atoms with E-state index >= 15 is 0 Å². The average Bonchev–Trinajstić information content (AvgIpc) is 3.01. The van der Waals surface area contributed by atoms with Gasteiger partial charge in [0.05, 0.1) is 12.5 Å². The number of carbonyl (C=O) groups is 1. The van der Waals surface area contributed by atoms with Crippen molar-refractivity contribution in [2.75, 3.05) is 6.54 Å². The SMILES string of the molecule is Cc1cc(C(F)(F)F)nc(CCNC(=O)C2CCc3ncnn3C2)n1. The predicted octanol–water partition coefficient (Wildman–Crippen LogP) is 1.32. The minimum absolute atomic E-state index is 0.0647. The Balaban J connectivity index is 1.55. The van der Waals surface area contributed by atoms with E-state index < -0.39 is 11.9 Å². The molecule has 0 aliphatic carbocycles. The summed E-state index contributed by atoms with van der Waals surface area (Å²) in [5.41, 5.74) is -0.720. The van der Waals surface area contributed by atoms with Gasteiger partial charge >= 0.3 is 6.18 Å². The molecule has 7 nitrogen and oxygen atoms in total. The van der Waals surface area contributed by atoms with Gasteiger partial charge in [0, 0.05) is 25.1 Å². The Morgan fingerprint density at radius 1 is 1.40 bits per heavy atom. The molecule has 0 saturated carbocycles. The maximum Gasteiger partial charge on any atom is 0.433 e. The molecule has 1 atom stereocenters. The molecule has 2 aromatic rings. The fourth-order valence-corrected chi connectivity index (χ4v) is 2.78. The molecule has 1 aliphatic rings. The van der Waals surface area contributed by atoms with Crippen LogP contribution in [-0.4, -0.2) is 37.2 Å². The number of alkyl halides is 3. The molecule has 134 valence electrons. The lowest BCUT2D eigenvalue weighted by molar-refractivity contribution is -0.141. The Morgan fingerprint density at radius 2 is 2.20 bits per heavy atom. The Hall–Kier alpha value is -2.52. The summed E-state index contributed by atoms with van der Waals surface area (Å²) in [5, 5.41) is 6.80. The van der Waals surface area contributed by atoms with Crippen molar-refractivity contribution < 1.29 is 18.0 Å². The summed E-state index contributed by atoms with van der Waals surface area (Å²) in [5.74, 6) is 0.551. The monoisotopic (exact) mass is 354 g/mol. The van der Waals surface area contributed by atoms with Crippen LogP contribution in [0.5, 0.6) is 0 Å². The van der Waals surface area contributed by atoms with Crippen LogP contribution in [0.25, 0.3) is 0 Å². The number of rotatable bonds is 4. The van der Waals surface area contributed by atoms with Gasteiger partial charge in [-0.2, -0.15) is 18.3 Å². The molecule has 1 unspecified atom stereocenters. The molecule has 1 amide bonds. The van der Waals surface area contributed by atoms with Crippen LogP contribution in [0.4, 0.5) is 13.2 Å². The lowest BCUT2D eigenvalue weighted by Crippen LogP contribution is -2.37. The minimum atomic E-state index is -4.51.